The largest absolute Gasteiger partial charge is 0.481 e. The van der Waals surface area contributed by atoms with Gasteiger partial charge in [-0.05, 0) is 36.6 Å². The number of carbonyl (C=O) groups excluding carboxylic acids is 1. The van der Waals surface area contributed by atoms with Gasteiger partial charge in [-0.3, -0.25) is 4.79 Å². The molecule has 0 fully saturated rings. The lowest BCUT2D eigenvalue weighted by molar-refractivity contribution is -0.139. The number of ether oxygens (including phenoxy) is 1. The zero-order valence-electron chi connectivity index (χ0n) is 17.7. The molecule has 0 unspecified atom stereocenters. The number of carboxylic acids is 1. The van der Waals surface area contributed by atoms with E-state index in [-0.39, 0.29) is 5.71 Å². The van der Waals surface area contributed by atoms with E-state index in [1.165, 1.54) is 7.11 Å². The molecule has 3 rings (SSSR count). The Hall–Kier alpha value is -3.81. The van der Waals surface area contributed by atoms with Gasteiger partial charge in [-0.1, -0.05) is 42.4 Å². The number of hydrogen-bond donors (Lipinski definition) is 2. The van der Waals surface area contributed by atoms with Gasteiger partial charge in [0.25, 0.3) is 5.91 Å². The van der Waals surface area contributed by atoms with Gasteiger partial charge in [0.2, 0.25) is 0 Å². The summed E-state index contributed by atoms with van der Waals surface area (Å²) in [7, 11) is 1.34. The van der Waals surface area contributed by atoms with Crippen LogP contribution in [0.4, 0.5) is 0 Å². The molecule has 1 aromatic heterocycles. The molecule has 2 aromatic carbocycles. The first-order chi connectivity index (χ1) is 14.9. The minimum Gasteiger partial charge on any atom is -0.481 e. The Kier molecular flexibility index (Phi) is 6.59. The third kappa shape index (κ3) is 4.53. The molecule has 3 aromatic rings. The molecule has 0 bridgehead atoms. The fraction of sp³-hybridized carbons (Fsp3) is 0.261. The topological polar surface area (TPSA) is 116 Å². The average molecular weight is 423 g/mol. The first-order valence-electron chi connectivity index (χ1n) is 9.82. The molecule has 0 aliphatic carbocycles. The predicted molar refractivity (Wildman–Crippen MR) is 117 cm³/mol. The van der Waals surface area contributed by atoms with E-state index in [4.69, 9.17) is 20.4 Å². The van der Waals surface area contributed by atoms with Crippen molar-refractivity contribution in [2.45, 2.75) is 26.8 Å². The lowest BCUT2D eigenvalue weighted by Crippen LogP contribution is -2.26. The summed E-state index contributed by atoms with van der Waals surface area (Å²) in [6.07, 6.45) is 0.574. The van der Waals surface area contributed by atoms with Crippen molar-refractivity contribution < 1.29 is 24.3 Å². The van der Waals surface area contributed by atoms with E-state index in [1.807, 2.05) is 50.2 Å². The molecule has 1 heterocycles. The summed E-state index contributed by atoms with van der Waals surface area (Å²) in [5.41, 5.74) is 9.65. The number of benzene rings is 2. The molecule has 162 valence electrons. The van der Waals surface area contributed by atoms with Crippen LogP contribution in [0, 0.1) is 6.92 Å². The van der Waals surface area contributed by atoms with Gasteiger partial charge in [0.15, 0.2) is 12.3 Å². The van der Waals surface area contributed by atoms with Gasteiger partial charge in [0, 0.05) is 17.8 Å². The van der Waals surface area contributed by atoms with Crippen LogP contribution in [-0.4, -0.2) is 41.0 Å². The smallest absolute Gasteiger partial charge is 0.341 e. The van der Waals surface area contributed by atoms with E-state index in [0.29, 0.717) is 29.7 Å². The molecule has 0 aliphatic heterocycles. The number of amides is 1. The Morgan fingerprint density at radius 3 is 2.48 bits per heavy atom. The van der Waals surface area contributed by atoms with Crippen molar-refractivity contribution in [3.8, 4) is 5.75 Å². The number of primary amides is 1. The highest BCUT2D eigenvalue weighted by Gasteiger charge is 2.27. The molecule has 0 spiro atoms. The molecule has 0 radical (unpaired) electrons. The SMILES string of the molecule is CCc1c(C(=NOC)C(N)=O)c2c(OCC(=O)O)cc(C)cc2n1Cc1ccccc1. The summed E-state index contributed by atoms with van der Waals surface area (Å²) in [4.78, 5) is 28.3. The van der Waals surface area contributed by atoms with Crippen molar-refractivity contribution in [3.63, 3.8) is 0 Å². The van der Waals surface area contributed by atoms with Gasteiger partial charge in [0.05, 0.1) is 10.9 Å². The third-order valence-corrected chi connectivity index (χ3v) is 4.90. The summed E-state index contributed by atoms with van der Waals surface area (Å²) in [6.45, 7) is 3.89. The lowest BCUT2D eigenvalue weighted by atomic mass is 10.0. The summed E-state index contributed by atoms with van der Waals surface area (Å²) in [6, 6.07) is 13.6. The number of aryl methyl sites for hydroxylation is 1. The third-order valence-electron chi connectivity index (χ3n) is 4.90. The highest BCUT2D eigenvalue weighted by molar-refractivity contribution is 6.47. The molecule has 8 nitrogen and oxygen atoms in total. The van der Waals surface area contributed by atoms with Gasteiger partial charge in [-0.25, -0.2) is 4.79 Å². The first-order valence-corrected chi connectivity index (χ1v) is 9.82. The second kappa shape index (κ2) is 9.34. The maximum atomic E-state index is 12.3. The van der Waals surface area contributed by atoms with Crippen LogP contribution in [0.15, 0.2) is 47.6 Å². The van der Waals surface area contributed by atoms with E-state index < -0.39 is 18.5 Å². The van der Waals surface area contributed by atoms with Crippen LogP contribution in [0.25, 0.3) is 10.9 Å². The summed E-state index contributed by atoms with van der Waals surface area (Å²) < 4.78 is 7.69. The van der Waals surface area contributed by atoms with Gasteiger partial charge in [-0.15, -0.1) is 0 Å². The van der Waals surface area contributed by atoms with Crippen LogP contribution in [0.3, 0.4) is 0 Å². The Labute approximate surface area is 179 Å². The molecule has 0 saturated heterocycles. The highest BCUT2D eigenvalue weighted by Crippen LogP contribution is 2.36. The molecular formula is C23H25N3O5. The van der Waals surface area contributed by atoms with E-state index in [0.717, 1.165) is 22.3 Å². The molecule has 0 saturated carbocycles. The minimum absolute atomic E-state index is 0.0415. The van der Waals surface area contributed by atoms with Crippen LogP contribution in [0.5, 0.6) is 5.75 Å². The van der Waals surface area contributed by atoms with Gasteiger partial charge in [-0.2, -0.15) is 0 Å². The number of nitrogens with two attached hydrogens (primary N) is 1. The van der Waals surface area contributed by atoms with Gasteiger partial charge < -0.3 is 25.0 Å². The second-order valence-electron chi connectivity index (χ2n) is 7.07. The Morgan fingerprint density at radius 1 is 1.19 bits per heavy atom. The van der Waals surface area contributed by atoms with Gasteiger partial charge >= 0.3 is 5.97 Å². The van der Waals surface area contributed by atoms with Crippen molar-refractivity contribution in [1.29, 1.82) is 0 Å². The Bertz CT molecular complexity index is 1150. The number of fused-ring (bicyclic) bond motifs is 1. The van der Waals surface area contributed by atoms with Crippen molar-refractivity contribution in [2.75, 3.05) is 13.7 Å². The summed E-state index contributed by atoms with van der Waals surface area (Å²) >= 11 is 0. The molecule has 1 amide bonds. The normalized spacial score (nSPS) is 11.5. The maximum Gasteiger partial charge on any atom is 0.341 e. The predicted octanol–water partition coefficient (Wildman–Crippen LogP) is 2.86. The number of aliphatic carboxylic acids is 1. The first kappa shape index (κ1) is 21.9. The number of rotatable bonds is 9. The van der Waals surface area contributed by atoms with Gasteiger partial charge in [0.1, 0.15) is 12.9 Å². The minimum atomic E-state index is -1.10. The van der Waals surface area contributed by atoms with Crippen LogP contribution >= 0.6 is 0 Å². The van der Waals surface area contributed by atoms with E-state index in [9.17, 15) is 9.59 Å². The molecule has 8 heteroatoms. The van der Waals surface area contributed by atoms with Crippen molar-refractivity contribution in [1.82, 2.24) is 4.57 Å². The summed E-state index contributed by atoms with van der Waals surface area (Å²) in [5, 5.41) is 13.6. The molecular weight excluding hydrogens is 398 g/mol. The van der Waals surface area contributed by atoms with Crippen molar-refractivity contribution in [2.24, 2.45) is 10.9 Å². The molecule has 31 heavy (non-hydrogen) atoms. The number of oxime groups is 1. The van der Waals surface area contributed by atoms with Crippen molar-refractivity contribution in [3.05, 3.63) is 64.8 Å². The lowest BCUT2D eigenvalue weighted by Gasteiger charge is -2.11. The number of carboxylic acid groups (broad SMARTS) is 1. The molecule has 0 aliphatic rings. The Balaban J connectivity index is 2.38. The monoisotopic (exact) mass is 423 g/mol. The van der Waals surface area contributed by atoms with Crippen molar-refractivity contribution >= 4 is 28.5 Å². The fourth-order valence-corrected chi connectivity index (χ4v) is 3.75. The number of aromatic nitrogens is 1. The standard InChI is InChI=1S/C23H25N3O5/c1-4-16-21(22(23(24)29)25-30-3)20-17(26(16)12-15-8-6-5-7-9-15)10-14(2)11-18(20)31-13-19(27)28/h5-11H,4,12-13H2,1-3H3,(H2,24,29)(H,27,28). The molecule has 3 N–H and O–H groups in total. The van der Waals surface area contributed by atoms with Crippen LogP contribution in [0.1, 0.15) is 29.3 Å². The zero-order valence-corrected chi connectivity index (χ0v) is 17.7. The number of nitrogens with zero attached hydrogens (tertiary/aromatic N) is 2. The number of hydrogen-bond acceptors (Lipinski definition) is 5. The van der Waals surface area contributed by atoms with Crippen LogP contribution in [0.2, 0.25) is 0 Å². The van der Waals surface area contributed by atoms with E-state index >= 15 is 0 Å². The fourth-order valence-electron chi connectivity index (χ4n) is 3.75. The van der Waals surface area contributed by atoms with E-state index in [2.05, 4.69) is 9.72 Å². The van der Waals surface area contributed by atoms with E-state index in [1.54, 1.807) is 6.07 Å². The average Bonchev–Trinajstić information content (AvgIpc) is 3.03. The van der Waals surface area contributed by atoms with Crippen LogP contribution < -0.4 is 10.5 Å². The number of carbonyl (C=O) groups is 2. The Morgan fingerprint density at radius 2 is 1.90 bits per heavy atom. The maximum absolute atomic E-state index is 12.3. The highest BCUT2D eigenvalue weighted by atomic mass is 16.6. The summed E-state index contributed by atoms with van der Waals surface area (Å²) in [5.74, 6) is -1.50. The zero-order chi connectivity index (χ0) is 22.5. The van der Waals surface area contributed by atoms with Crippen LogP contribution in [-0.2, 0) is 27.4 Å². The molecule has 0 atom stereocenters. The quantitative estimate of drug-likeness (QED) is 0.405. The second-order valence-corrected chi connectivity index (χ2v) is 7.07.